The van der Waals surface area contributed by atoms with E-state index in [9.17, 15) is 0 Å². The summed E-state index contributed by atoms with van der Waals surface area (Å²) in [6.07, 6.45) is 1.92. The molecule has 58 heavy (non-hydrogen) atoms. The molecule has 0 fully saturated rings. The van der Waals surface area contributed by atoms with Gasteiger partial charge in [-0.1, -0.05) is 119 Å². The van der Waals surface area contributed by atoms with Crippen molar-refractivity contribution >= 4 is 44.6 Å². The van der Waals surface area contributed by atoms with Gasteiger partial charge in [0, 0.05) is 61.3 Å². The molecule has 6 aromatic carbocycles. The van der Waals surface area contributed by atoms with Crippen LogP contribution in [0.1, 0.15) is 63.8 Å². The first kappa shape index (κ1) is 39.2. The van der Waals surface area contributed by atoms with Crippen molar-refractivity contribution in [3.8, 4) is 28.4 Å². The first-order chi connectivity index (χ1) is 27.3. The molecule has 0 amide bonds. The van der Waals surface area contributed by atoms with Gasteiger partial charge in [-0.05, 0) is 94.8 Å². The largest absolute Gasteiger partial charge is 0.509 e. The van der Waals surface area contributed by atoms with Crippen molar-refractivity contribution in [3.63, 3.8) is 0 Å². The van der Waals surface area contributed by atoms with Crippen molar-refractivity contribution in [1.82, 2.24) is 9.55 Å². The monoisotopic (exact) mass is 938 g/mol. The van der Waals surface area contributed by atoms with Crippen molar-refractivity contribution in [2.75, 3.05) is 9.80 Å². The minimum Gasteiger partial charge on any atom is -0.509 e. The zero-order valence-corrected chi connectivity index (χ0v) is 36.6. The molecule has 0 spiro atoms. The summed E-state index contributed by atoms with van der Waals surface area (Å²) in [4.78, 5) is 9.45. The molecule has 0 atom stereocenters. The van der Waals surface area contributed by atoms with Crippen LogP contribution < -0.4 is 14.5 Å². The SMILES string of the molecule is Cc1cc2c(cc1C)N(c1ccccc1)[CH-]N2c1[c-]c(Oc2[c-]c3c(c(-c4ccccc4)c2)c2ccccc2n3-c2cc(C(C)(C)C)ccn2)cc(C(C)(C)C)c1.[Pt]. The number of hydrogen-bond acceptors (Lipinski definition) is 4. The molecule has 5 nitrogen and oxygen atoms in total. The summed E-state index contributed by atoms with van der Waals surface area (Å²) in [6.45, 7) is 19.9. The summed E-state index contributed by atoms with van der Waals surface area (Å²) in [5, 5.41) is 2.24. The number of rotatable bonds is 6. The number of nitrogens with zero attached hydrogens (tertiary/aromatic N) is 4. The Morgan fingerprint density at radius 2 is 1.24 bits per heavy atom. The fraction of sp³-hybridized carbons (Fsp3) is 0.192. The topological polar surface area (TPSA) is 33.5 Å². The summed E-state index contributed by atoms with van der Waals surface area (Å²) in [7, 11) is 0. The molecule has 0 saturated carbocycles. The Bertz CT molecular complexity index is 2790. The molecule has 0 N–H and O–H groups in total. The smallest absolute Gasteiger partial charge is 0.135 e. The number of ether oxygens (including phenoxy) is 1. The van der Waals surface area contributed by atoms with Crippen molar-refractivity contribution < 1.29 is 25.8 Å². The number of pyridine rings is 1. The molecule has 6 heteroatoms. The first-order valence-electron chi connectivity index (χ1n) is 19.7. The van der Waals surface area contributed by atoms with E-state index < -0.39 is 0 Å². The Kier molecular flexibility index (Phi) is 10.1. The number of hydrogen-bond donors (Lipinski definition) is 0. The van der Waals surface area contributed by atoms with Gasteiger partial charge in [0.15, 0.2) is 0 Å². The molecule has 8 aromatic rings. The summed E-state index contributed by atoms with van der Waals surface area (Å²) in [6, 6.07) is 52.5. The average Bonchev–Trinajstić information content (AvgIpc) is 3.73. The fourth-order valence-electron chi connectivity index (χ4n) is 7.80. The maximum absolute atomic E-state index is 6.99. The van der Waals surface area contributed by atoms with Gasteiger partial charge in [0.1, 0.15) is 5.82 Å². The van der Waals surface area contributed by atoms with E-state index in [0.29, 0.717) is 11.5 Å². The zero-order valence-electron chi connectivity index (χ0n) is 34.3. The van der Waals surface area contributed by atoms with E-state index in [4.69, 9.17) is 9.72 Å². The third-order valence-corrected chi connectivity index (χ3v) is 11.1. The van der Waals surface area contributed by atoms with E-state index in [-0.39, 0.29) is 31.9 Å². The van der Waals surface area contributed by atoms with Crippen molar-refractivity contribution in [2.24, 2.45) is 0 Å². The first-order valence-corrected chi connectivity index (χ1v) is 19.7. The molecule has 9 rings (SSSR count). The zero-order chi connectivity index (χ0) is 39.6. The molecule has 3 heterocycles. The number of aryl methyl sites for hydroxylation is 2. The van der Waals surface area contributed by atoms with Crippen molar-refractivity contribution in [1.29, 1.82) is 0 Å². The van der Waals surface area contributed by atoms with Crippen LogP contribution in [0.3, 0.4) is 0 Å². The van der Waals surface area contributed by atoms with Gasteiger partial charge in [0.2, 0.25) is 0 Å². The minimum absolute atomic E-state index is 0. The van der Waals surface area contributed by atoms with Gasteiger partial charge in [-0.2, -0.15) is 0 Å². The number of anilines is 4. The number of benzene rings is 6. The second kappa shape index (κ2) is 14.9. The van der Waals surface area contributed by atoms with Gasteiger partial charge in [-0.15, -0.1) is 53.8 Å². The Balaban J connectivity index is 0.00000469. The number of fused-ring (bicyclic) bond motifs is 4. The molecule has 294 valence electrons. The van der Waals surface area contributed by atoms with Crippen LogP contribution in [-0.4, -0.2) is 9.55 Å². The van der Waals surface area contributed by atoms with Crippen LogP contribution in [0.4, 0.5) is 22.7 Å². The summed E-state index contributed by atoms with van der Waals surface area (Å²) >= 11 is 0. The third-order valence-electron chi connectivity index (χ3n) is 11.1. The van der Waals surface area contributed by atoms with Crippen LogP contribution in [0, 0.1) is 32.6 Å². The standard InChI is InChI=1S/C52H47N4O.Pt/c1-34-25-46-47(26-35(34)2)55(33-54(46)39-19-13-10-14-20-39)40-27-38(52(6,7)8)28-41(30-40)57-42-31-44(36-17-11-9-12-18-36)50-43-21-15-16-22-45(43)56(48(50)32-42)49-29-37(23-24-53-49)51(3,4)5;/h9-29,31,33H,1-8H3;/q-3;. The predicted molar refractivity (Wildman–Crippen MR) is 237 cm³/mol. The van der Waals surface area contributed by atoms with Crippen LogP contribution in [0.5, 0.6) is 11.5 Å². The van der Waals surface area contributed by atoms with Crippen molar-refractivity contribution in [3.05, 3.63) is 175 Å². The van der Waals surface area contributed by atoms with Gasteiger partial charge in [-0.25, -0.2) is 4.98 Å². The Morgan fingerprint density at radius 1 is 0.621 bits per heavy atom. The Hall–Kier alpha value is -5.64. The minimum atomic E-state index is -0.161. The molecule has 0 saturated heterocycles. The van der Waals surface area contributed by atoms with Gasteiger partial charge in [-0.3, -0.25) is 0 Å². The quantitative estimate of drug-likeness (QED) is 0.156. The van der Waals surface area contributed by atoms with E-state index in [2.05, 4.69) is 216 Å². The van der Waals surface area contributed by atoms with E-state index in [1.54, 1.807) is 0 Å². The van der Waals surface area contributed by atoms with Crippen LogP contribution in [0.15, 0.2) is 134 Å². The average molecular weight is 939 g/mol. The van der Waals surface area contributed by atoms with E-state index in [1.165, 1.54) is 16.7 Å². The van der Waals surface area contributed by atoms with Crippen LogP contribution in [0.2, 0.25) is 0 Å². The maximum atomic E-state index is 6.99. The van der Waals surface area contributed by atoms with Crippen LogP contribution in [0.25, 0.3) is 38.8 Å². The third kappa shape index (κ3) is 7.11. The number of aromatic nitrogens is 2. The van der Waals surface area contributed by atoms with E-state index >= 15 is 0 Å². The van der Waals surface area contributed by atoms with E-state index in [0.717, 1.165) is 67.1 Å². The fourth-order valence-corrected chi connectivity index (χ4v) is 7.80. The van der Waals surface area contributed by atoms with Gasteiger partial charge >= 0.3 is 0 Å². The second-order valence-electron chi connectivity index (χ2n) is 17.2. The normalized spacial score (nSPS) is 12.9. The molecular formula is C52H47N4OPt-3. The molecule has 1 aliphatic rings. The van der Waals surface area contributed by atoms with Crippen molar-refractivity contribution in [2.45, 2.75) is 66.2 Å². The molecule has 1 aliphatic heterocycles. The molecule has 0 unspecified atom stereocenters. The summed E-state index contributed by atoms with van der Waals surface area (Å²) in [5.41, 5.74) is 13.0. The molecule has 0 aliphatic carbocycles. The maximum Gasteiger partial charge on any atom is 0.135 e. The van der Waals surface area contributed by atoms with E-state index in [1.807, 2.05) is 6.20 Å². The molecule has 2 aromatic heterocycles. The molecule has 0 radical (unpaired) electrons. The summed E-state index contributed by atoms with van der Waals surface area (Å²) < 4.78 is 9.23. The molecule has 0 bridgehead atoms. The van der Waals surface area contributed by atoms with Crippen LogP contribution in [-0.2, 0) is 31.9 Å². The number of para-hydroxylation sites is 2. The van der Waals surface area contributed by atoms with Gasteiger partial charge in [0.05, 0.1) is 0 Å². The van der Waals surface area contributed by atoms with Crippen LogP contribution >= 0.6 is 0 Å². The van der Waals surface area contributed by atoms with Gasteiger partial charge in [0.25, 0.3) is 0 Å². The predicted octanol–water partition coefficient (Wildman–Crippen LogP) is 13.9. The Labute approximate surface area is 357 Å². The van der Waals surface area contributed by atoms with Gasteiger partial charge < -0.3 is 19.1 Å². The Morgan fingerprint density at radius 3 is 1.93 bits per heavy atom. The second-order valence-corrected chi connectivity index (χ2v) is 17.2. The molecular weight excluding hydrogens is 892 g/mol. The summed E-state index contributed by atoms with van der Waals surface area (Å²) in [5.74, 6) is 2.08.